The lowest BCUT2D eigenvalue weighted by Gasteiger charge is -2.13. The van der Waals surface area contributed by atoms with E-state index in [1.54, 1.807) is 12.1 Å². The topological polar surface area (TPSA) is 66.4 Å². The first kappa shape index (κ1) is 13.9. The van der Waals surface area contributed by atoms with Gasteiger partial charge < -0.3 is 10.4 Å². The number of rotatable bonds is 3. The van der Waals surface area contributed by atoms with E-state index < -0.39 is 5.97 Å². The highest BCUT2D eigenvalue weighted by molar-refractivity contribution is 6.33. The van der Waals surface area contributed by atoms with Crippen LogP contribution in [0.3, 0.4) is 0 Å². The fourth-order valence-electron chi connectivity index (χ4n) is 2.40. The number of aliphatic carboxylic acids is 1. The Morgan fingerprint density at radius 1 is 1.37 bits per heavy atom. The minimum atomic E-state index is -0.787. The second kappa shape index (κ2) is 5.61. The van der Waals surface area contributed by atoms with Gasteiger partial charge in [-0.1, -0.05) is 17.7 Å². The number of benzene rings is 1. The lowest BCUT2D eigenvalue weighted by Crippen LogP contribution is -2.33. The molecule has 2 atom stereocenters. The molecule has 1 aromatic rings. The number of hydrogen-bond donors (Lipinski definition) is 2. The molecule has 1 amide bonds. The van der Waals surface area contributed by atoms with Crippen molar-refractivity contribution in [2.75, 3.05) is 0 Å². The maximum Gasteiger partial charge on any atom is 0.306 e. The Morgan fingerprint density at radius 2 is 2.11 bits per heavy atom. The first-order chi connectivity index (χ1) is 8.97. The van der Waals surface area contributed by atoms with Gasteiger partial charge in [-0.05, 0) is 43.9 Å². The van der Waals surface area contributed by atoms with Gasteiger partial charge in [0.2, 0.25) is 0 Å². The normalized spacial score (nSPS) is 22.2. The maximum atomic E-state index is 12.1. The summed E-state index contributed by atoms with van der Waals surface area (Å²) < 4.78 is 0. The zero-order chi connectivity index (χ0) is 14.0. The number of hydrogen-bond acceptors (Lipinski definition) is 2. The molecule has 1 fully saturated rings. The molecule has 0 aliphatic heterocycles. The summed E-state index contributed by atoms with van der Waals surface area (Å²) in [6.45, 7) is 1.90. The van der Waals surface area contributed by atoms with Crippen molar-refractivity contribution in [2.45, 2.75) is 32.2 Å². The molecule has 0 bridgehead atoms. The van der Waals surface area contributed by atoms with Crippen LogP contribution in [-0.2, 0) is 4.79 Å². The summed E-state index contributed by atoms with van der Waals surface area (Å²) >= 11 is 6.03. The van der Waals surface area contributed by atoms with Crippen LogP contribution in [-0.4, -0.2) is 23.0 Å². The van der Waals surface area contributed by atoms with Crippen LogP contribution in [0.25, 0.3) is 0 Å². The second-order valence-electron chi connectivity index (χ2n) is 5.00. The van der Waals surface area contributed by atoms with E-state index in [0.717, 1.165) is 5.56 Å². The molecule has 19 heavy (non-hydrogen) atoms. The molecule has 1 aromatic carbocycles. The molecule has 2 N–H and O–H groups in total. The van der Waals surface area contributed by atoms with E-state index in [4.69, 9.17) is 16.7 Å². The van der Waals surface area contributed by atoms with E-state index in [-0.39, 0.29) is 17.9 Å². The average molecular weight is 282 g/mol. The van der Waals surface area contributed by atoms with Crippen LogP contribution in [0.4, 0.5) is 0 Å². The molecule has 2 unspecified atom stereocenters. The van der Waals surface area contributed by atoms with E-state index in [0.29, 0.717) is 29.8 Å². The van der Waals surface area contributed by atoms with Crippen LogP contribution in [0.15, 0.2) is 18.2 Å². The van der Waals surface area contributed by atoms with Crippen LogP contribution >= 0.6 is 11.6 Å². The van der Waals surface area contributed by atoms with Crippen LogP contribution < -0.4 is 5.32 Å². The molecule has 5 heteroatoms. The molecule has 0 spiro atoms. The van der Waals surface area contributed by atoms with Crippen LogP contribution in [0.1, 0.15) is 35.2 Å². The molecule has 2 rings (SSSR count). The Hall–Kier alpha value is -1.55. The number of carboxylic acids is 1. The summed E-state index contributed by atoms with van der Waals surface area (Å²) in [5.41, 5.74) is 1.43. The molecule has 0 aromatic heterocycles. The highest BCUT2D eigenvalue weighted by Gasteiger charge is 2.30. The summed E-state index contributed by atoms with van der Waals surface area (Å²) in [6.07, 6.45) is 1.80. The maximum absolute atomic E-state index is 12.1. The number of carboxylic acid groups (broad SMARTS) is 1. The summed E-state index contributed by atoms with van der Waals surface area (Å²) in [6, 6.07) is 5.18. The highest BCUT2D eigenvalue weighted by Crippen LogP contribution is 2.26. The monoisotopic (exact) mass is 281 g/mol. The Bertz CT molecular complexity index is 515. The molecule has 4 nitrogen and oxygen atoms in total. The van der Waals surface area contributed by atoms with Gasteiger partial charge in [-0.25, -0.2) is 0 Å². The van der Waals surface area contributed by atoms with E-state index in [9.17, 15) is 9.59 Å². The molecule has 1 aliphatic rings. The molecular formula is C14H16ClNO3. The zero-order valence-electron chi connectivity index (χ0n) is 10.6. The number of amides is 1. The smallest absolute Gasteiger partial charge is 0.306 e. The number of carbonyl (C=O) groups is 2. The Morgan fingerprint density at radius 3 is 2.68 bits per heavy atom. The van der Waals surface area contributed by atoms with Gasteiger partial charge in [0.05, 0.1) is 16.5 Å². The minimum Gasteiger partial charge on any atom is -0.481 e. The van der Waals surface area contributed by atoms with Crippen molar-refractivity contribution < 1.29 is 14.7 Å². The lowest BCUT2D eigenvalue weighted by atomic mass is 10.1. The molecular weight excluding hydrogens is 266 g/mol. The Balaban J connectivity index is 2.00. The number of halogens is 1. The van der Waals surface area contributed by atoms with E-state index in [2.05, 4.69) is 5.32 Å². The fourth-order valence-corrected chi connectivity index (χ4v) is 2.73. The third-order valence-corrected chi connectivity index (χ3v) is 3.80. The predicted molar refractivity (Wildman–Crippen MR) is 72.4 cm³/mol. The standard InChI is InChI=1S/C14H16ClNO3/c1-8-2-5-11(12(15)6-8)13(17)16-10-4-3-9(7-10)14(18)19/h2,5-6,9-10H,3-4,7H2,1H3,(H,16,17)(H,18,19). The van der Waals surface area contributed by atoms with Gasteiger partial charge in [-0.2, -0.15) is 0 Å². The van der Waals surface area contributed by atoms with Crippen LogP contribution in [0.5, 0.6) is 0 Å². The van der Waals surface area contributed by atoms with Crippen molar-refractivity contribution in [3.63, 3.8) is 0 Å². The lowest BCUT2D eigenvalue weighted by molar-refractivity contribution is -0.141. The SMILES string of the molecule is Cc1ccc(C(=O)NC2CCC(C(=O)O)C2)c(Cl)c1. The first-order valence-corrected chi connectivity index (χ1v) is 6.65. The molecule has 0 radical (unpaired) electrons. The van der Waals surface area contributed by atoms with Gasteiger partial charge in [0, 0.05) is 6.04 Å². The van der Waals surface area contributed by atoms with Crippen molar-refractivity contribution in [3.05, 3.63) is 34.3 Å². The van der Waals surface area contributed by atoms with Gasteiger partial charge in [0.15, 0.2) is 0 Å². The molecule has 0 heterocycles. The van der Waals surface area contributed by atoms with Crippen molar-refractivity contribution in [1.29, 1.82) is 0 Å². The average Bonchev–Trinajstić information content (AvgIpc) is 2.77. The van der Waals surface area contributed by atoms with Gasteiger partial charge in [0.25, 0.3) is 5.91 Å². The van der Waals surface area contributed by atoms with E-state index in [1.165, 1.54) is 0 Å². The van der Waals surface area contributed by atoms with E-state index >= 15 is 0 Å². The molecule has 1 aliphatic carbocycles. The molecule has 102 valence electrons. The van der Waals surface area contributed by atoms with Crippen molar-refractivity contribution >= 4 is 23.5 Å². The third kappa shape index (κ3) is 3.26. The summed E-state index contributed by atoms with van der Waals surface area (Å²) in [7, 11) is 0. The summed E-state index contributed by atoms with van der Waals surface area (Å²) in [5, 5.41) is 12.2. The summed E-state index contributed by atoms with van der Waals surface area (Å²) in [4.78, 5) is 22.9. The van der Waals surface area contributed by atoms with Crippen LogP contribution in [0, 0.1) is 12.8 Å². The van der Waals surface area contributed by atoms with Gasteiger partial charge in [-0.15, -0.1) is 0 Å². The number of aryl methyl sites for hydroxylation is 1. The number of carbonyl (C=O) groups excluding carboxylic acids is 1. The van der Waals surface area contributed by atoms with E-state index in [1.807, 2.05) is 13.0 Å². The predicted octanol–water partition coefficient (Wildman–Crippen LogP) is 2.63. The van der Waals surface area contributed by atoms with Gasteiger partial charge >= 0.3 is 5.97 Å². The first-order valence-electron chi connectivity index (χ1n) is 6.27. The third-order valence-electron chi connectivity index (χ3n) is 3.49. The zero-order valence-corrected chi connectivity index (χ0v) is 11.4. The van der Waals surface area contributed by atoms with Crippen molar-refractivity contribution in [3.8, 4) is 0 Å². The largest absolute Gasteiger partial charge is 0.481 e. The Labute approximate surface area is 116 Å². The second-order valence-corrected chi connectivity index (χ2v) is 5.41. The fraction of sp³-hybridized carbons (Fsp3) is 0.429. The van der Waals surface area contributed by atoms with Crippen LogP contribution in [0.2, 0.25) is 5.02 Å². The molecule has 0 saturated heterocycles. The minimum absolute atomic E-state index is 0.0778. The van der Waals surface area contributed by atoms with Gasteiger partial charge in [0.1, 0.15) is 0 Å². The quantitative estimate of drug-likeness (QED) is 0.895. The van der Waals surface area contributed by atoms with Gasteiger partial charge in [-0.3, -0.25) is 9.59 Å². The number of nitrogens with one attached hydrogen (secondary N) is 1. The van der Waals surface area contributed by atoms with Crippen molar-refractivity contribution in [2.24, 2.45) is 5.92 Å². The summed E-state index contributed by atoms with van der Waals surface area (Å²) in [5.74, 6) is -1.37. The Kier molecular flexibility index (Phi) is 4.10. The highest BCUT2D eigenvalue weighted by atomic mass is 35.5. The van der Waals surface area contributed by atoms with Crippen molar-refractivity contribution in [1.82, 2.24) is 5.32 Å². The molecule has 1 saturated carbocycles.